The van der Waals surface area contributed by atoms with Gasteiger partial charge in [-0.2, -0.15) is 0 Å². The van der Waals surface area contributed by atoms with Crippen LogP contribution in [0.4, 0.5) is 4.39 Å². The minimum absolute atomic E-state index is 0.161. The molecule has 4 nitrogen and oxygen atoms in total. The highest BCUT2D eigenvalue weighted by Crippen LogP contribution is 2.34. The van der Waals surface area contributed by atoms with Gasteiger partial charge in [-0.05, 0) is 32.0 Å². The summed E-state index contributed by atoms with van der Waals surface area (Å²) >= 11 is 0. The Hall–Kier alpha value is -2.30. The van der Waals surface area contributed by atoms with Crippen molar-refractivity contribution in [3.05, 3.63) is 41.3 Å². The van der Waals surface area contributed by atoms with Crippen LogP contribution in [-0.4, -0.2) is 24.3 Å². The second-order valence-electron chi connectivity index (χ2n) is 4.63. The zero-order chi connectivity index (χ0) is 15.6. The van der Waals surface area contributed by atoms with Crippen LogP contribution in [0.1, 0.15) is 23.0 Å². The summed E-state index contributed by atoms with van der Waals surface area (Å²) in [6.45, 7) is 3.89. The molecule has 0 aliphatic heterocycles. The van der Waals surface area contributed by atoms with Crippen LogP contribution in [0.3, 0.4) is 0 Å². The van der Waals surface area contributed by atoms with Crippen LogP contribution >= 0.6 is 0 Å². The Morgan fingerprint density at radius 1 is 1.38 bits per heavy atom. The first-order valence-corrected chi connectivity index (χ1v) is 6.67. The number of benzene rings is 1. The Labute approximate surface area is 123 Å². The molecular formula is C16H18FNO3. The molecule has 0 unspecified atom stereocenters. The first-order chi connectivity index (χ1) is 10.0. The van der Waals surface area contributed by atoms with Crippen LogP contribution in [0.2, 0.25) is 0 Å². The highest BCUT2D eigenvalue weighted by atomic mass is 19.1. The second kappa shape index (κ2) is 5.99. The number of carbonyl (C=O) groups is 1. The Morgan fingerprint density at radius 3 is 2.71 bits per heavy atom. The van der Waals surface area contributed by atoms with E-state index in [4.69, 9.17) is 9.47 Å². The van der Waals surface area contributed by atoms with E-state index in [1.54, 1.807) is 25.1 Å². The molecule has 0 spiro atoms. The average Bonchev–Trinajstić information content (AvgIpc) is 2.75. The van der Waals surface area contributed by atoms with Gasteiger partial charge in [0.25, 0.3) is 0 Å². The summed E-state index contributed by atoms with van der Waals surface area (Å²) in [6, 6.07) is 6.40. The molecule has 5 heteroatoms. The third-order valence-corrected chi connectivity index (χ3v) is 3.48. The van der Waals surface area contributed by atoms with Crippen LogP contribution in [-0.2, 0) is 11.8 Å². The molecule has 0 aliphatic carbocycles. The monoisotopic (exact) mass is 291 g/mol. The highest BCUT2D eigenvalue weighted by molar-refractivity contribution is 5.93. The Morgan fingerprint density at radius 2 is 2.10 bits per heavy atom. The van der Waals surface area contributed by atoms with Gasteiger partial charge in [0.05, 0.1) is 25.0 Å². The van der Waals surface area contributed by atoms with E-state index in [2.05, 4.69) is 0 Å². The average molecular weight is 291 g/mol. The van der Waals surface area contributed by atoms with Crippen molar-refractivity contribution in [2.45, 2.75) is 13.8 Å². The van der Waals surface area contributed by atoms with Gasteiger partial charge in [0.2, 0.25) is 0 Å². The molecule has 0 fully saturated rings. The minimum Gasteiger partial charge on any atom is -0.493 e. The number of hydrogen-bond donors (Lipinski definition) is 0. The third-order valence-electron chi connectivity index (χ3n) is 3.48. The molecule has 0 radical (unpaired) electrons. The Kier molecular flexibility index (Phi) is 4.31. The van der Waals surface area contributed by atoms with E-state index in [9.17, 15) is 9.18 Å². The van der Waals surface area contributed by atoms with Gasteiger partial charge in [0.1, 0.15) is 0 Å². The molecule has 2 aromatic rings. The lowest BCUT2D eigenvalue weighted by Gasteiger charge is -2.10. The zero-order valence-corrected chi connectivity index (χ0v) is 12.6. The van der Waals surface area contributed by atoms with Crippen molar-refractivity contribution in [2.24, 2.45) is 7.05 Å². The van der Waals surface area contributed by atoms with Crippen LogP contribution in [0, 0.1) is 12.7 Å². The zero-order valence-electron chi connectivity index (χ0n) is 12.6. The predicted octanol–water partition coefficient (Wildman–Crippen LogP) is 3.32. The minimum atomic E-state index is -0.438. The fourth-order valence-corrected chi connectivity index (χ4v) is 2.29. The van der Waals surface area contributed by atoms with Gasteiger partial charge < -0.3 is 14.0 Å². The molecule has 0 amide bonds. The summed E-state index contributed by atoms with van der Waals surface area (Å²) in [7, 11) is 3.24. The van der Waals surface area contributed by atoms with E-state index in [-0.39, 0.29) is 11.7 Å². The molecule has 2 rings (SSSR count). The molecule has 0 atom stereocenters. The maximum Gasteiger partial charge on any atom is 0.339 e. The van der Waals surface area contributed by atoms with E-state index in [0.29, 0.717) is 23.4 Å². The number of methoxy groups -OCH3 is 1. The lowest BCUT2D eigenvalue weighted by molar-refractivity contribution is 0.0525. The molecular weight excluding hydrogens is 273 g/mol. The maximum atomic E-state index is 13.8. The van der Waals surface area contributed by atoms with E-state index in [0.717, 1.165) is 5.69 Å². The summed E-state index contributed by atoms with van der Waals surface area (Å²) < 4.78 is 25.8. The predicted molar refractivity (Wildman–Crippen MR) is 78.1 cm³/mol. The summed E-state index contributed by atoms with van der Waals surface area (Å²) in [5.41, 5.74) is 2.53. The number of carbonyl (C=O) groups excluding carboxylic acids is 1. The number of esters is 1. The largest absolute Gasteiger partial charge is 0.493 e. The number of para-hydroxylation sites is 1. The molecule has 0 N–H and O–H groups in total. The van der Waals surface area contributed by atoms with E-state index in [1.165, 1.54) is 13.2 Å². The molecule has 21 heavy (non-hydrogen) atoms. The number of ether oxygens (including phenoxy) is 2. The van der Waals surface area contributed by atoms with Gasteiger partial charge in [0, 0.05) is 18.3 Å². The summed E-state index contributed by atoms with van der Waals surface area (Å²) in [5.74, 6) is -0.660. The number of rotatable bonds is 4. The summed E-state index contributed by atoms with van der Waals surface area (Å²) in [5, 5.41) is 0. The molecule has 1 heterocycles. The van der Waals surface area contributed by atoms with Gasteiger partial charge in [-0.1, -0.05) is 6.07 Å². The molecule has 0 aliphatic rings. The summed E-state index contributed by atoms with van der Waals surface area (Å²) in [6.07, 6.45) is 0. The number of hydrogen-bond acceptors (Lipinski definition) is 3. The molecule has 1 aromatic carbocycles. The first kappa shape index (κ1) is 15.1. The lowest BCUT2D eigenvalue weighted by Crippen LogP contribution is -2.06. The topological polar surface area (TPSA) is 40.5 Å². The Balaban J connectivity index is 2.59. The smallest absolute Gasteiger partial charge is 0.339 e. The van der Waals surface area contributed by atoms with Gasteiger partial charge in [-0.15, -0.1) is 0 Å². The van der Waals surface area contributed by atoms with Crippen molar-refractivity contribution in [2.75, 3.05) is 13.7 Å². The van der Waals surface area contributed by atoms with E-state index >= 15 is 0 Å². The Bertz CT molecular complexity index is 676. The van der Waals surface area contributed by atoms with Crippen molar-refractivity contribution in [3.63, 3.8) is 0 Å². The van der Waals surface area contributed by atoms with E-state index in [1.807, 2.05) is 18.5 Å². The fraction of sp³-hybridized carbons (Fsp3) is 0.312. The van der Waals surface area contributed by atoms with Gasteiger partial charge in [-0.25, -0.2) is 9.18 Å². The molecule has 0 bridgehead atoms. The number of nitrogens with zero attached hydrogens (tertiary/aromatic N) is 1. The fourth-order valence-electron chi connectivity index (χ4n) is 2.29. The first-order valence-electron chi connectivity index (χ1n) is 6.67. The third kappa shape index (κ3) is 2.63. The van der Waals surface area contributed by atoms with Crippen molar-refractivity contribution in [1.82, 2.24) is 4.57 Å². The lowest BCUT2D eigenvalue weighted by atomic mass is 10.1. The highest BCUT2D eigenvalue weighted by Gasteiger charge is 2.20. The second-order valence-corrected chi connectivity index (χ2v) is 4.63. The van der Waals surface area contributed by atoms with Crippen molar-refractivity contribution in [3.8, 4) is 17.0 Å². The van der Waals surface area contributed by atoms with Gasteiger partial charge >= 0.3 is 5.97 Å². The van der Waals surface area contributed by atoms with Crippen LogP contribution in [0.15, 0.2) is 24.3 Å². The van der Waals surface area contributed by atoms with Crippen molar-refractivity contribution >= 4 is 5.97 Å². The van der Waals surface area contributed by atoms with Crippen LogP contribution in [0.5, 0.6) is 5.75 Å². The molecule has 0 saturated heterocycles. The van der Waals surface area contributed by atoms with E-state index < -0.39 is 5.82 Å². The summed E-state index contributed by atoms with van der Waals surface area (Å²) in [4.78, 5) is 11.9. The SMILES string of the molecule is CCOC(=O)c1cc(-c2cccc(F)c2OC)n(C)c1C. The quantitative estimate of drug-likeness (QED) is 0.811. The standard InChI is InChI=1S/C16H18FNO3/c1-5-21-16(19)12-9-14(18(3)10(12)2)11-7-6-8-13(17)15(11)20-4/h6-9H,5H2,1-4H3. The maximum absolute atomic E-state index is 13.8. The van der Waals surface area contributed by atoms with Crippen molar-refractivity contribution < 1.29 is 18.7 Å². The number of halogens is 1. The van der Waals surface area contributed by atoms with Gasteiger partial charge in [0.15, 0.2) is 11.6 Å². The van der Waals surface area contributed by atoms with Crippen LogP contribution in [0.25, 0.3) is 11.3 Å². The number of aromatic nitrogens is 1. The molecule has 1 aromatic heterocycles. The molecule has 112 valence electrons. The molecule has 0 saturated carbocycles. The van der Waals surface area contributed by atoms with Crippen molar-refractivity contribution in [1.29, 1.82) is 0 Å². The normalized spacial score (nSPS) is 10.5. The van der Waals surface area contributed by atoms with Crippen LogP contribution < -0.4 is 4.74 Å². The van der Waals surface area contributed by atoms with Gasteiger partial charge in [-0.3, -0.25) is 0 Å².